The van der Waals surface area contributed by atoms with E-state index < -0.39 is 0 Å². The summed E-state index contributed by atoms with van der Waals surface area (Å²) in [5, 5.41) is 0. The van der Waals surface area contributed by atoms with Gasteiger partial charge in [-0.1, -0.05) is 17.4 Å². The number of nitrogens with zero attached hydrogens (tertiary/aromatic N) is 1. The molecular weight excluding hydrogens is 292 g/mol. The molecule has 0 bridgehead atoms. The van der Waals surface area contributed by atoms with Crippen LogP contribution >= 0.6 is 20.7 Å². The second-order valence-electron chi connectivity index (χ2n) is 6.05. The number of benzene rings is 1. The summed E-state index contributed by atoms with van der Waals surface area (Å²) in [5.74, 6) is 0. The van der Waals surface area contributed by atoms with E-state index in [1.165, 1.54) is 11.3 Å². The first-order chi connectivity index (χ1) is 9.21. The summed E-state index contributed by atoms with van der Waals surface area (Å²) in [5.41, 5.74) is 1.15. The normalized spacial score (nSPS) is 20.8. The predicted molar refractivity (Wildman–Crippen MR) is 86.9 cm³/mol. The lowest BCUT2D eigenvalue weighted by molar-refractivity contribution is 0.00578. The Morgan fingerprint density at radius 1 is 1.20 bits per heavy atom. The molecule has 1 unspecified atom stereocenters. The van der Waals surface area contributed by atoms with Crippen LogP contribution in [0.1, 0.15) is 27.7 Å². The van der Waals surface area contributed by atoms with Gasteiger partial charge in [0.05, 0.1) is 21.4 Å². The molecule has 0 saturated carbocycles. The van der Waals surface area contributed by atoms with Gasteiger partial charge in [0.2, 0.25) is 0 Å². The van der Waals surface area contributed by atoms with Gasteiger partial charge in [-0.05, 0) is 54.7 Å². The SMILES string of the molecule is CC1(C)OB(c2ccc3c(c2)sc(=O)n3P)OC1(C)C. The molecule has 4 nitrogen and oxygen atoms in total. The van der Waals surface area contributed by atoms with Crippen LogP contribution < -0.4 is 10.3 Å². The Kier molecular flexibility index (Phi) is 3.14. The average Bonchev–Trinajstić information content (AvgIpc) is 2.74. The van der Waals surface area contributed by atoms with Gasteiger partial charge in [0.15, 0.2) is 0 Å². The predicted octanol–water partition coefficient (Wildman–Crippen LogP) is 2.00. The van der Waals surface area contributed by atoms with Crippen LogP contribution in [-0.4, -0.2) is 22.7 Å². The van der Waals surface area contributed by atoms with E-state index in [-0.39, 0.29) is 23.2 Å². The van der Waals surface area contributed by atoms with E-state index in [9.17, 15) is 4.79 Å². The second kappa shape index (κ2) is 4.41. The molecule has 2 heterocycles. The Balaban J connectivity index is 2.02. The van der Waals surface area contributed by atoms with Crippen molar-refractivity contribution in [2.45, 2.75) is 38.9 Å². The van der Waals surface area contributed by atoms with Gasteiger partial charge < -0.3 is 9.31 Å². The van der Waals surface area contributed by atoms with E-state index in [1.807, 2.05) is 45.9 Å². The molecule has 0 amide bonds. The van der Waals surface area contributed by atoms with Crippen LogP contribution in [0.25, 0.3) is 10.2 Å². The van der Waals surface area contributed by atoms with Crippen LogP contribution in [-0.2, 0) is 9.31 Å². The first-order valence-corrected chi connectivity index (χ1v) is 7.81. The molecule has 20 heavy (non-hydrogen) atoms. The van der Waals surface area contributed by atoms with Crippen molar-refractivity contribution in [2.24, 2.45) is 0 Å². The summed E-state index contributed by atoms with van der Waals surface area (Å²) >= 11 is 1.23. The molecule has 0 radical (unpaired) electrons. The van der Waals surface area contributed by atoms with Crippen molar-refractivity contribution in [1.82, 2.24) is 4.34 Å². The van der Waals surface area contributed by atoms with Crippen LogP contribution in [0.5, 0.6) is 0 Å². The molecule has 0 N–H and O–H groups in total. The van der Waals surface area contributed by atoms with Crippen molar-refractivity contribution in [3.8, 4) is 0 Å². The van der Waals surface area contributed by atoms with E-state index in [0.29, 0.717) is 0 Å². The van der Waals surface area contributed by atoms with E-state index >= 15 is 0 Å². The average molecular weight is 309 g/mol. The van der Waals surface area contributed by atoms with Gasteiger partial charge in [0.1, 0.15) is 0 Å². The van der Waals surface area contributed by atoms with Gasteiger partial charge in [-0.3, -0.25) is 9.13 Å². The number of hydrogen-bond donors (Lipinski definition) is 0. The van der Waals surface area contributed by atoms with Crippen molar-refractivity contribution in [3.63, 3.8) is 0 Å². The lowest BCUT2D eigenvalue weighted by Gasteiger charge is -2.32. The summed E-state index contributed by atoms with van der Waals surface area (Å²) in [7, 11) is 2.05. The zero-order valence-corrected chi connectivity index (χ0v) is 13.9. The molecule has 1 aromatic carbocycles. The smallest absolute Gasteiger partial charge is 0.399 e. The number of fused-ring (bicyclic) bond motifs is 1. The van der Waals surface area contributed by atoms with Crippen LogP contribution in [0.4, 0.5) is 0 Å². The number of hydrogen-bond acceptors (Lipinski definition) is 4. The topological polar surface area (TPSA) is 40.5 Å². The largest absolute Gasteiger partial charge is 0.494 e. The van der Waals surface area contributed by atoms with Crippen molar-refractivity contribution < 1.29 is 9.31 Å². The highest BCUT2D eigenvalue weighted by Crippen LogP contribution is 2.36. The highest BCUT2D eigenvalue weighted by molar-refractivity contribution is 7.20. The summed E-state index contributed by atoms with van der Waals surface area (Å²) < 4.78 is 14.6. The molecule has 1 saturated heterocycles. The molecule has 1 aliphatic heterocycles. The molecule has 1 aromatic heterocycles. The second-order valence-corrected chi connectivity index (χ2v) is 7.56. The van der Waals surface area contributed by atoms with Crippen LogP contribution in [0.2, 0.25) is 0 Å². The van der Waals surface area contributed by atoms with Gasteiger partial charge >= 0.3 is 12.0 Å². The molecule has 0 aliphatic carbocycles. The maximum absolute atomic E-state index is 11.7. The van der Waals surface area contributed by atoms with E-state index in [1.54, 1.807) is 4.34 Å². The van der Waals surface area contributed by atoms with Gasteiger partial charge in [0.25, 0.3) is 0 Å². The maximum atomic E-state index is 11.7. The first kappa shape index (κ1) is 14.3. The Bertz CT molecular complexity index is 721. The lowest BCUT2D eigenvalue weighted by atomic mass is 9.79. The standard InChI is InChI=1S/C13H17BNO3PS/c1-12(2)13(3,4)18-14(17-12)8-5-6-9-10(7-8)20-11(16)15(9)19/h5-7H,19H2,1-4H3. The van der Waals surface area contributed by atoms with Crippen molar-refractivity contribution in [3.05, 3.63) is 27.9 Å². The minimum atomic E-state index is -0.389. The summed E-state index contributed by atoms with van der Waals surface area (Å²) in [6, 6.07) is 5.86. The molecule has 7 heteroatoms. The first-order valence-electron chi connectivity index (χ1n) is 6.47. The lowest BCUT2D eigenvalue weighted by Crippen LogP contribution is -2.41. The van der Waals surface area contributed by atoms with Crippen molar-refractivity contribution in [1.29, 1.82) is 0 Å². The fourth-order valence-electron chi connectivity index (χ4n) is 2.18. The van der Waals surface area contributed by atoms with Crippen LogP contribution in [0.3, 0.4) is 0 Å². The monoisotopic (exact) mass is 309 g/mol. The van der Waals surface area contributed by atoms with Crippen LogP contribution in [0, 0.1) is 0 Å². The summed E-state index contributed by atoms with van der Waals surface area (Å²) in [6.07, 6.45) is 0. The molecule has 2 aromatic rings. The van der Waals surface area contributed by atoms with Crippen molar-refractivity contribution >= 4 is 43.5 Å². The zero-order chi connectivity index (χ0) is 14.7. The number of thiazole rings is 1. The molecule has 106 valence electrons. The Morgan fingerprint density at radius 2 is 1.80 bits per heavy atom. The third-order valence-electron chi connectivity index (χ3n) is 4.16. The Labute approximate surface area is 124 Å². The Morgan fingerprint density at radius 3 is 2.40 bits per heavy atom. The Hall–Kier alpha value is -0.675. The van der Waals surface area contributed by atoms with Gasteiger partial charge in [-0.25, -0.2) is 0 Å². The van der Waals surface area contributed by atoms with Crippen LogP contribution in [0.15, 0.2) is 23.0 Å². The zero-order valence-electron chi connectivity index (χ0n) is 12.0. The van der Waals surface area contributed by atoms with E-state index in [4.69, 9.17) is 9.31 Å². The minimum Gasteiger partial charge on any atom is -0.399 e. The quantitative estimate of drug-likeness (QED) is 0.597. The highest BCUT2D eigenvalue weighted by Gasteiger charge is 2.51. The summed E-state index contributed by atoms with van der Waals surface area (Å²) in [4.78, 5) is 11.7. The fraction of sp³-hybridized carbons (Fsp3) is 0.462. The maximum Gasteiger partial charge on any atom is 0.494 e. The third-order valence-corrected chi connectivity index (χ3v) is 5.78. The molecule has 1 fully saturated rings. The molecule has 1 aliphatic rings. The van der Waals surface area contributed by atoms with Gasteiger partial charge in [0, 0.05) is 0 Å². The fourth-order valence-corrected chi connectivity index (χ4v) is 3.51. The van der Waals surface area contributed by atoms with Crippen molar-refractivity contribution in [2.75, 3.05) is 0 Å². The highest BCUT2D eigenvalue weighted by atomic mass is 32.1. The molecule has 3 rings (SSSR count). The molecule has 1 atom stereocenters. The van der Waals surface area contributed by atoms with E-state index in [2.05, 4.69) is 9.39 Å². The summed E-state index contributed by atoms with van der Waals surface area (Å²) in [6.45, 7) is 8.12. The van der Waals surface area contributed by atoms with Gasteiger partial charge in [-0.2, -0.15) is 0 Å². The molecular formula is C13H17BNO3PS. The number of rotatable bonds is 1. The molecule has 0 spiro atoms. The van der Waals surface area contributed by atoms with E-state index in [0.717, 1.165) is 15.7 Å². The number of aromatic nitrogens is 1. The third kappa shape index (κ3) is 2.06. The van der Waals surface area contributed by atoms with Gasteiger partial charge in [-0.15, -0.1) is 0 Å². The minimum absolute atomic E-state index is 0.0102.